The molecule has 2 atom stereocenters. The molecule has 1 N–H and O–H groups in total. The van der Waals surface area contributed by atoms with E-state index in [9.17, 15) is 13.2 Å². The molecule has 0 saturated carbocycles. The maximum atomic E-state index is 13.3. The van der Waals surface area contributed by atoms with Gasteiger partial charge in [-0.05, 0) is 63.6 Å². The number of carbonyl (C=O) groups is 1. The minimum absolute atomic E-state index is 0.0190. The predicted octanol–water partition coefficient (Wildman–Crippen LogP) is 3.34. The molecular weight excluding hydrogens is 404 g/mol. The lowest BCUT2D eigenvalue weighted by atomic mass is 10.1. The number of sulfonamides is 1. The van der Waals surface area contributed by atoms with Gasteiger partial charge in [0.1, 0.15) is 10.6 Å². The highest BCUT2D eigenvalue weighted by molar-refractivity contribution is 7.89. The first-order valence-corrected chi connectivity index (χ1v) is 12.5. The summed E-state index contributed by atoms with van der Waals surface area (Å²) < 4.78 is 39.0. The molecule has 30 heavy (non-hydrogen) atoms. The predicted molar refractivity (Wildman–Crippen MR) is 115 cm³/mol. The number of amides is 1. The van der Waals surface area contributed by atoms with Crippen molar-refractivity contribution in [2.75, 3.05) is 26.8 Å². The molecule has 2 heterocycles. The van der Waals surface area contributed by atoms with Gasteiger partial charge < -0.3 is 14.8 Å². The molecule has 1 aromatic rings. The Morgan fingerprint density at radius 1 is 1.23 bits per heavy atom. The van der Waals surface area contributed by atoms with Crippen LogP contribution in [-0.4, -0.2) is 57.6 Å². The van der Waals surface area contributed by atoms with Crippen molar-refractivity contribution in [1.82, 2.24) is 9.62 Å². The second-order valence-corrected chi connectivity index (χ2v) is 10.2. The van der Waals surface area contributed by atoms with E-state index in [4.69, 9.17) is 9.47 Å². The molecule has 2 aliphatic heterocycles. The van der Waals surface area contributed by atoms with Crippen LogP contribution in [0.2, 0.25) is 0 Å². The van der Waals surface area contributed by atoms with E-state index in [1.165, 1.54) is 17.5 Å². The van der Waals surface area contributed by atoms with Crippen LogP contribution in [0.15, 0.2) is 23.1 Å². The van der Waals surface area contributed by atoms with Crippen LogP contribution >= 0.6 is 0 Å². The molecule has 0 aromatic heterocycles. The summed E-state index contributed by atoms with van der Waals surface area (Å²) in [7, 11) is -2.27. The van der Waals surface area contributed by atoms with Gasteiger partial charge in [-0.2, -0.15) is 4.31 Å². The number of rotatable bonds is 8. The second kappa shape index (κ2) is 10.6. The normalized spacial score (nSPS) is 21.7. The van der Waals surface area contributed by atoms with E-state index < -0.39 is 10.0 Å². The molecule has 1 aromatic carbocycles. The van der Waals surface area contributed by atoms with E-state index in [-0.39, 0.29) is 28.7 Å². The summed E-state index contributed by atoms with van der Waals surface area (Å²) in [6.07, 6.45) is 7.99. The topological polar surface area (TPSA) is 84.9 Å². The van der Waals surface area contributed by atoms with E-state index in [0.29, 0.717) is 18.7 Å². The van der Waals surface area contributed by atoms with Gasteiger partial charge in [-0.3, -0.25) is 4.79 Å². The Bertz CT molecular complexity index is 813. The van der Waals surface area contributed by atoms with Crippen molar-refractivity contribution in [3.63, 3.8) is 0 Å². The van der Waals surface area contributed by atoms with Gasteiger partial charge in [0.15, 0.2) is 0 Å². The van der Waals surface area contributed by atoms with Gasteiger partial charge in [0.2, 0.25) is 10.0 Å². The minimum Gasteiger partial charge on any atom is -0.495 e. The molecule has 0 spiro atoms. The minimum atomic E-state index is -3.72. The van der Waals surface area contributed by atoms with Crippen molar-refractivity contribution in [1.29, 1.82) is 0 Å². The van der Waals surface area contributed by atoms with E-state index in [1.54, 1.807) is 12.1 Å². The van der Waals surface area contributed by atoms with Crippen LogP contribution in [-0.2, 0) is 14.8 Å². The Labute approximate surface area is 180 Å². The van der Waals surface area contributed by atoms with Crippen LogP contribution in [0.1, 0.15) is 68.6 Å². The first kappa shape index (κ1) is 23.0. The van der Waals surface area contributed by atoms with E-state index in [1.807, 2.05) is 6.92 Å². The molecule has 2 fully saturated rings. The maximum Gasteiger partial charge on any atom is 0.251 e. The highest BCUT2D eigenvalue weighted by Crippen LogP contribution is 2.29. The zero-order chi connectivity index (χ0) is 21.6. The number of nitrogens with zero attached hydrogens (tertiary/aromatic N) is 1. The van der Waals surface area contributed by atoms with Gasteiger partial charge >= 0.3 is 0 Å². The SMILES string of the molecule is COc1ccc(C(=O)NC(C)CCC2CCCO2)cc1S(=O)(=O)N1CCCCCC1. The number of ether oxygens (including phenoxy) is 2. The van der Waals surface area contributed by atoms with Crippen LogP contribution in [0.5, 0.6) is 5.75 Å². The van der Waals surface area contributed by atoms with Crippen molar-refractivity contribution >= 4 is 15.9 Å². The average Bonchev–Trinajstić information content (AvgIpc) is 3.11. The number of carbonyl (C=O) groups excluding carboxylic acids is 1. The average molecular weight is 439 g/mol. The third-order valence-electron chi connectivity index (χ3n) is 5.93. The highest BCUT2D eigenvalue weighted by atomic mass is 32.2. The Kier molecular flexibility index (Phi) is 8.13. The largest absolute Gasteiger partial charge is 0.495 e. The van der Waals surface area contributed by atoms with Gasteiger partial charge in [-0.1, -0.05) is 12.8 Å². The number of hydrogen-bond donors (Lipinski definition) is 1. The van der Waals surface area contributed by atoms with Gasteiger partial charge in [0.05, 0.1) is 13.2 Å². The molecule has 0 aliphatic carbocycles. The highest BCUT2D eigenvalue weighted by Gasteiger charge is 2.29. The van der Waals surface area contributed by atoms with Crippen LogP contribution in [0, 0.1) is 0 Å². The molecule has 3 rings (SSSR count). The van der Waals surface area contributed by atoms with Crippen LogP contribution in [0.4, 0.5) is 0 Å². The first-order chi connectivity index (χ1) is 14.4. The van der Waals surface area contributed by atoms with E-state index in [2.05, 4.69) is 5.32 Å². The number of hydrogen-bond acceptors (Lipinski definition) is 5. The Morgan fingerprint density at radius 3 is 2.60 bits per heavy atom. The summed E-state index contributed by atoms with van der Waals surface area (Å²) in [6, 6.07) is 4.61. The zero-order valence-corrected chi connectivity index (χ0v) is 18.9. The molecule has 2 unspecified atom stereocenters. The van der Waals surface area contributed by atoms with Gasteiger partial charge in [-0.15, -0.1) is 0 Å². The summed E-state index contributed by atoms with van der Waals surface area (Å²) in [5, 5.41) is 2.98. The molecule has 7 nitrogen and oxygen atoms in total. The van der Waals surface area contributed by atoms with Crippen molar-refractivity contribution in [2.24, 2.45) is 0 Å². The molecule has 2 aliphatic rings. The molecule has 0 bridgehead atoms. The first-order valence-electron chi connectivity index (χ1n) is 11.0. The molecule has 1 amide bonds. The maximum absolute atomic E-state index is 13.3. The third-order valence-corrected chi connectivity index (χ3v) is 7.85. The smallest absolute Gasteiger partial charge is 0.251 e. The summed E-state index contributed by atoms with van der Waals surface area (Å²) in [5.74, 6) is -0.00737. The molecule has 168 valence electrons. The lowest BCUT2D eigenvalue weighted by molar-refractivity contribution is 0.0899. The van der Waals surface area contributed by atoms with Crippen LogP contribution in [0.25, 0.3) is 0 Å². The number of benzene rings is 1. The lowest BCUT2D eigenvalue weighted by Gasteiger charge is -2.22. The van der Waals surface area contributed by atoms with Gasteiger partial charge in [-0.25, -0.2) is 8.42 Å². The van der Waals surface area contributed by atoms with Crippen molar-refractivity contribution in [3.8, 4) is 5.75 Å². The quantitative estimate of drug-likeness (QED) is 0.673. The zero-order valence-electron chi connectivity index (χ0n) is 18.1. The Hall–Kier alpha value is -1.64. The molecule has 8 heteroatoms. The summed E-state index contributed by atoms with van der Waals surface area (Å²) in [5.41, 5.74) is 0.327. The number of methoxy groups -OCH3 is 1. The van der Waals surface area contributed by atoms with Crippen molar-refractivity contribution < 1.29 is 22.7 Å². The van der Waals surface area contributed by atoms with Crippen LogP contribution in [0.3, 0.4) is 0 Å². The fourth-order valence-electron chi connectivity index (χ4n) is 4.13. The Balaban J connectivity index is 1.71. The monoisotopic (exact) mass is 438 g/mol. The standard InChI is InChI=1S/C22H34N2O5S/c1-17(9-11-19-8-7-15-29-19)23-22(25)18-10-12-20(28-2)21(16-18)30(26,27)24-13-5-3-4-6-14-24/h10,12,16-17,19H,3-9,11,13-15H2,1-2H3,(H,23,25). The fourth-order valence-corrected chi connectivity index (χ4v) is 5.83. The van der Waals surface area contributed by atoms with Crippen molar-refractivity contribution in [2.45, 2.75) is 75.3 Å². The second-order valence-electron chi connectivity index (χ2n) is 8.27. The van der Waals surface area contributed by atoms with Crippen LogP contribution < -0.4 is 10.1 Å². The van der Waals surface area contributed by atoms with Crippen molar-refractivity contribution in [3.05, 3.63) is 23.8 Å². The molecule has 0 radical (unpaired) electrons. The lowest BCUT2D eigenvalue weighted by Crippen LogP contribution is -2.34. The summed E-state index contributed by atoms with van der Waals surface area (Å²) in [4.78, 5) is 12.8. The summed E-state index contributed by atoms with van der Waals surface area (Å²) in [6.45, 7) is 3.79. The Morgan fingerprint density at radius 2 is 1.97 bits per heavy atom. The third kappa shape index (κ3) is 5.74. The fraction of sp³-hybridized carbons (Fsp3) is 0.682. The summed E-state index contributed by atoms with van der Waals surface area (Å²) >= 11 is 0. The van der Waals surface area contributed by atoms with Gasteiger partial charge in [0.25, 0.3) is 5.91 Å². The van der Waals surface area contributed by atoms with E-state index >= 15 is 0 Å². The van der Waals surface area contributed by atoms with E-state index in [0.717, 1.165) is 58.0 Å². The number of nitrogens with one attached hydrogen (secondary N) is 1. The molecular formula is C22H34N2O5S. The molecule has 2 saturated heterocycles. The van der Waals surface area contributed by atoms with Gasteiger partial charge in [0, 0.05) is 31.3 Å².